The first-order chi connectivity index (χ1) is 7.76. The second kappa shape index (κ2) is 7.68. The molecule has 1 atom stereocenters. The van der Waals surface area contributed by atoms with Crippen molar-refractivity contribution in [1.29, 1.82) is 0 Å². The Kier molecular flexibility index (Phi) is 6.49. The lowest BCUT2D eigenvalue weighted by Crippen LogP contribution is -2.13. The summed E-state index contributed by atoms with van der Waals surface area (Å²) < 4.78 is 5.14. The Morgan fingerprint density at radius 2 is 2.25 bits per heavy atom. The third-order valence-electron chi connectivity index (χ3n) is 2.29. The van der Waals surface area contributed by atoms with Crippen LogP contribution in [0.15, 0.2) is 4.52 Å². The summed E-state index contributed by atoms with van der Waals surface area (Å²) in [4.78, 5) is 4.33. The number of nitrogens with zero attached hydrogens (tertiary/aromatic N) is 2. The van der Waals surface area contributed by atoms with E-state index in [1.54, 1.807) is 0 Å². The van der Waals surface area contributed by atoms with E-state index in [1.165, 1.54) is 6.42 Å². The molecule has 5 heteroatoms. The molecule has 1 aromatic rings. The van der Waals surface area contributed by atoms with Gasteiger partial charge in [-0.2, -0.15) is 16.7 Å². The zero-order valence-corrected chi connectivity index (χ0v) is 11.1. The zero-order valence-electron chi connectivity index (χ0n) is 10.3. The Bertz CT molecular complexity index is 291. The Morgan fingerprint density at radius 1 is 1.44 bits per heavy atom. The van der Waals surface area contributed by atoms with Gasteiger partial charge in [0.1, 0.15) is 0 Å². The maximum atomic E-state index is 5.14. The molecule has 1 rings (SSSR count). The SMILES string of the molecule is CCCNCc1nc(CSC(C)CC)no1. The normalized spacial score (nSPS) is 12.9. The average Bonchev–Trinajstić information content (AvgIpc) is 2.74. The predicted molar refractivity (Wildman–Crippen MR) is 67.3 cm³/mol. The van der Waals surface area contributed by atoms with Crippen LogP contribution in [0, 0.1) is 0 Å². The fourth-order valence-corrected chi connectivity index (χ4v) is 1.91. The summed E-state index contributed by atoms with van der Waals surface area (Å²) in [5, 5.41) is 7.84. The van der Waals surface area contributed by atoms with Gasteiger partial charge >= 0.3 is 0 Å². The molecule has 4 nitrogen and oxygen atoms in total. The summed E-state index contributed by atoms with van der Waals surface area (Å²) >= 11 is 1.87. The smallest absolute Gasteiger partial charge is 0.240 e. The first kappa shape index (κ1) is 13.5. The Hall–Kier alpha value is -0.550. The van der Waals surface area contributed by atoms with Gasteiger partial charge in [0.15, 0.2) is 5.82 Å². The molecule has 1 aromatic heterocycles. The van der Waals surface area contributed by atoms with Gasteiger partial charge < -0.3 is 9.84 Å². The second-order valence-electron chi connectivity index (χ2n) is 3.81. The molecule has 0 fully saturated rings. The topological polar surface area (TPSA) is 51.0 Å². The monoisotopic (exact) mass is 243 g/mol. The highest BCUT2D eigenvalue weighted by molar-refractivity contribution is 7.99. The first-order valence-corrected chi connectivity index (χ1v) is 6.94. The minimum Gasteiger partial charge on any atom is -0.338 e. The molecular weight excluding hydrogens is 222 g/mol. The van der Waals surface area contributed by atoms with Gasteiger partial charge in [0, 0.05) is 5.25 Å². The van der Waals surface area contributed by atoms with Crippen LogP contribution in [-0.4, -0.2) is 21.9 Å². The van der Waals surface area contributed by atoms with E-state index >= 15 is 0 Å². The second-order valence-corrected chi connectivity index (χ2v) is 5.24. The van der Waals surface area contributed by atoms with Crippen molar-refractivity contribution in [3.05, 3.63) is 11.7 Å². The molecule has 92 valence electrons. The van der Waals surface area contributed by atoms with Crippen LogP contribution >= 0.6 is 11.8 Å². The van der Waals surface area contributed by atoms with Gasteiger partial charge in [0.2, 0.25) is 5.89 Å². The molecule has 0 bridgehead atoms. The van der Waals surface area contributed by atoms with Crippen molar-refractivity contribution in [3.8, 4) is 0 Å². The van der Waals surface area contributed by atoms with Gasteiger partial charge in [-0.25, -0.2) is 0 Å². The number of rotatable bonds is 8. The minimum absolute atomic E-state index is 0.653. The summed E-state index contributed by atoms with van der Waals surface area (Å²) in [6.45, 7) is 8.20. The molecule has 0 spiro atoms. The fourth-order valence-electron chi connectivity index (χ4n) is 1.13. The van der Waals surface area contributed by atoms with E-state index in [9.17, 15) is 0 Å². The molecule has 1 unspecified atom stereocenters. The number of hydrogen-bond donors (Lipinski definition) is 1. The molecule has 0 amide bonds. The van der Waals surface area contributed by atoms with Gasteiger partial charge in [0.25, 0.3) is 0 Å². The van der Waals surface area contributed by atoms with Crippen LogP contribution in [0.4, 0.5) is 0 Å². The lowest BCUT2D eigenvalue weighted by molar-refractivity contribution is 0.364. The van der Waals surface area contributed by atoms with Crippen molar-refractivity contribution in [2.75, 3.05) is 6.54 Å². The van der Waals surface area contributed by atoms with Crippen LogP contribution in [0.25, 0.3) is 0 Å². The molecule has 0 aromatic carbocycles. The van der Waals surface area contributed by atoms with Crippen molar-refractivity contribution in [2.24, 2.45) is 0 Å². The van der Waals surface area contributed by atoms with Crippen LogP contribution in [0.3, 0.4) is 0 Å². The van der Waals surface area contributed by atoms with Crippen LogP contribution in [0.5, 0.6) is 0 Å². The van der Waals surface area contributed by atoms with Crippen molar-refractivity contribution in [3.63, 3.8) is 0 Å². The molecule has 0 aliphatic carbocycles. The Morgan fingerprint density at radius 3 is 2.94 bits per heavy atom. The third kappa shape index (κ3) is 4.99. The highest BCUT2D eigenvalue weighted by Gasteiger charge is 2.07. The van der Waals surface area contributed by atoms with Crippen molar-refractivity contribution >= 4 is 11.8 Å². The van der Waals surface area contributed by atoms with Crippen LogP contribution in [0.1, 0.15) is 45.3 Å². The number of hydrogen-bond acceptors (Lipinski definition) is 5. The van der Waals surface area contributed by atoms with Crippen LogP contribution < -0.4 is 5.32 Å². The van der Waals surface area contributed by atoms with Crippen molar-refractivity contribution in [2.45, 2.75) is 51.2 Å². The summed E-state index contributed by atoms with van der Waals surface area (Å²) in [5.41, 5.74) is 0. The molecule has 16 heavy (non-hydrogen) atoms. The summed E-state index contributed by atoms with van der Waals surface area (Å²) in [6.07, 6.45) is 2.29. The van der Waals surface area contributed by atoms with Crippen LogP contribution in [0.2, 0.25) is 0 Å². The van der Waals surface area contributed by atoms with E-state index in [0.717, 1.165) is 24.5 Å². The number of nitrogens with one attached hydrogen (secondary N) is 1. The molecular formula is C11H21N3OS. The molecule has 0 saturated carbocycles. The van der Waals surface area contributed by atoms with E-state index in [4.69, 9.17) is 4.52 Å². The molecule has 0 aliphatic heterocycles. The maximum absolute atomic E-state index is 5.14. The van der Waals surface area contributed by atoms with Gasteiger partial charge in [0.05, 0.1) is 12.3 Å². The molecule has 0 saturated heterocycles. The van der Waals surface area contributed by atoms with Crippen LogP contribution in [-0.2, 0) is 12.3 Å². The standard InChI is InChI=1S/C11H21N3OS/c1-4-6-12-7-11-13-10(14-15-11)8-16-9(3)5-2/h9,12H,4-8H2,1-3H3. The van der Waals surface area contributed by atoms with E-state index in [2.05, 4.69) is 36.2 Å². The molecule has 1 heterocycles. The summed E-state index contributed by atoms with van der Waals surface area (Å²) in [7, 11) is 0. The molecule has 0 aliphatic rings. The molecule has 1 N–H and O–H groups in total. The van der Waals surface area contributed by atoms with Crippen molar-refractivity contribution in [1.82, 2.24) is 15.5 Å². The average molecular weight is 243 g/mol. The largest absolute Gasteiger partial charge is 0.338 e. The van der Waals surface area contributed by atoms with Crippen molar-refractivity contribution < 1.29 is 4.52 Å². The van der Waals surface area contributed by atoms with E-state index in [-0.39, 0.29) is 0 Å². The van der Waals surface area contributed by atoms with Gasteiger partial charge in [-0.1, -0.05) is 25.9 Å². The quantitative estimate of drug-likeness (QED) is 0.711. The number of aromatic nitrogens is 2. The predicted octanol–water partition coefficient (Wildman–Crippen LogP) is 2.60. The number of thioether (sulfide) groups is 1. The van der Waals surface area contributed by atoms with Gasteiger partial charge in [-0.15, -0.1) is 0 Å². The fraction of sp³-hybridized carbons (Fsp3) is 0.818. The van der Waals surface area contributed by atoms with Gasteiger partial charge in [-0.3, -0.25) is 0 Å². The van der Waals surface area contributed by atoms with E-state index in [1.807, 2.05) is 11.8 Å². The Labute approximate surface area is 102 Å². The lowest BCUT2D eigenvalue weighted by atomic mass is 10.4. The zero-order chi connectivity index (χ0) is 11.8. The molecule has 0 radical (unpaired) electrons. The van der Waals surface area contributed by atoms with Gasteiger partial charge in [-0.05, 0) is 19.4 Å². The first-order valence-electron chi connectivity index (χ1n) is 5.90. The summed E-state index contributed by atoms with van der Waals surface area (Å²) in [5.74, 6) is 2.33. The highest BCUT2D eigenvalue weighted by atomic mass is 32.2. The Balaban J connectivity index is 2.28. The summed E-state index contributed by atoms with van der Waals surface area (Å²) in [6, 6.07) is 0. The third-order valence-corrected chi connectivity index (χ3v) is 3.61. The lowest BCUT2D eigenvalue weighted by Gasteiger charge is -2.04. The highest BCUT2D eigenvalue weighted by Crippen LogP contribution is 2.17. The van der Waals surface area contributed by atoms with E-state index < -0.39 is 0 Å². The minimum atomic E-state index is 0.653. The van der Waals surface area contributed by atoms with E-state index in [0.29, 0.717) is 17.7 Å². The maximum Gasteiger partial charge on any atom is 0.240 e.